The summed E-state index contributed by atoms with van der Waals surface area (Å²) in [6.45, 7) is 6.58. The smallest absolute Gasteiger partial charge is 0.317 e. The molecule has 2 amide bonds. The molecule has 7 heteroatoms. The highest BCUT2D eigenvalue weighted by molar-refractivity contribution is 5.74. The highest BCUT2D eigenvalue weighted by atomic mass is 16.5. The minimum atomic E-state index is -0.0758. The van der Waals surface area contributed by atoms with Gasteiger partial charge in [0.15, 0.2) is 11.5 Å². The van der Waals surface area contributed by atoms with E-state index in [1.807, 2.05) is 25.2 Å². The molecule has 2 rings (SSSR count). The van der Waals surface area contributed by atoms with Crippen LogP contribution in [0, 0.1) is 0 Å². The van der Waals surface area contributed by atoms with Gasteiger partial charge in [-0.1, -0.05) is 6.07 Å². The summed E-state index contributed by atoms with van der Waals surface area (Å²) in [5.74, 6) is 1.40. The number of rotatable bonds is 8. The zero-order valence-electron chi connectivity index (χ0n) is 17.3. The van der Waals surface area contributed by atoms with Crippen LogP contribution >= 0.6 is 0 Å². The van der Waals surface area contributed by atoms with E-state index >= 15 is 0 Å². The molecule has 2 atom stereocenters. The second kappa shape index (κ2) is 9.80. The van der Waals surface area contributed by atoms with Crippen LogP contribution in [0.4, 0.5) is 4.79 Å². The topological polar surface area (TPSA) is 63.3 Å². The van der Waals surface area contributed by atoms with Gasteiger partial charge in [0.1, 0.15) is 0 Å². The molecule has 27 heavy (non-hydrogen) atoms. The third-order valence-corrected chi connectivity index (χ3v) is 5.17. The quantitative estimate of drug-likeness (QED) is 0.748. The molecule has 1 fully saturated rings. The number of carbonyl (C=O) groups excluding carboxylic acids is 1. The van der Waals surface area contributed by atoms with Crippen LogP contribution in [0.25, 0.3) is 0 Å². The fourth-order valence-electron chi connectivity index (χ4n) is 3.31. The van der Waals surface area contributed by atoms with Crippen LogP contribution in [0.5, 0.6) is 11.5 Å². The summed E-state index contributed by atoms with van der Waals surface area (Å²) in [4.78, 5) is 16.6. The Bertz CT molecular complexity index is 623. The normalized spacial score (nSPS) is 20.0. The first-order valence-corrected chi connectivity index (χ1v) is 9.39. The van der Waals surface area contributed by atoms with Gasteiger partial charge in [-0.25, -0.2) is 4.79 Å². The van der Waals surface area contributed by atoms with Crippen molar-refractivity contribution < 1.29 is 19.0 Å². The van der Waals surface area contributed by atoms with Gasteiger partial charge in [-0.2, -0.15) is 0 Å². The van der Waals surface area contributed by atoms with Crippen molar-refractivity contribution in [2.45, 2.75) is 38.5 Å². The standard InChI is InChI=1S/C20H33N3O4/c1-14(2)23-12-16(19(13-23)27-6)21-20(24)22(3)10-9-15-7-8-17(25-4)18(11-15)26-5/h7-8,11,14,16,19H,9-10,12-13H2,1-6H3,(H,21,24)/t16-,19-/m0/s1. The molecule has 0 aliphatic carbocycles. The van der Waals surface area contributed by atoms with E-state index in [4.69, 9.17) is 14.2 Å². The van der Waals surface area contributed by atoms with Crippen LogP contribution in [0.3, 0.4) is 0 Å². The third kappa shape index (κ3) is 5.49. The van der Waals surface area contributed by atoms with Crippen molar-refractivity contribution in [3.05, 3.63) is 23.8 Å². The Balaban J connectivity index is 1.88. The molecule has 0 bridgehead atoms. The maximum atomic E-state index is 12.6. The van der Waals surface area contributed by atoms with Crippen LogP contribution in [-0.2, 0) is 11.2 Å². The second-order valence-corrected chi connectivity index (χ2v) is 7.24. The first kappa shape index (κ1) is 21.3. The lowest BCUT2D eigenvalue weighted by atomic mass is 10.1. The Labute approximate surface area is 162 Å². The number of hydrogen-bond donors (Lipinski definition) is 1. The molecule has 1 N–H and O–H groups in total. The number of methoxy groups -OCH3 is 3. The van der Waals surface area contributed by atoms with Gasteiger partial charge < -0.3 is 24.4 Å². The van der Waals surface area contributed by atoms with Crippen LogP contribution < -0.4 is 14.8 Å². The van der Waals surface area contributed by atoms with Gasteiger partial charge in [0.25, 0.3) is 0 Å². The Morgan fingerprint density at radius 1 is 1.22 bits per heavy atom. The van der Waals surface area contributed by atoms with Crippen LogP contribution in [0.1, 0.15) is 19.4 Å². The molecule has 1 heterocycles. The Kier molecular flexibility index (Phi) is 7.74. The van der Waals surface area contributed by atoms with Gasteiger partial charge in [0.05, 0.1) is 26.4 Å². The molecule has 0 saturated carbocycles. The zero-order chi connectivity index (χ0) is 20.0. The fourth-order valence-corrected chi connectivity index (χ4v) is 3.31. The average molecular weight is 380 g/mol. The predicted octanol–water partition coefficient (Wildman–Crippen LogP) is 2.00. The van der Waals surface area contributed by atoms with Gasteiger partial charge in [-0.05, 0) is 38.0 Å². The van der Waals surface area contributed by atoms with Gasteiger partial charge in [-0.15, -0.1) is 0 Å². The number of likely N-dealkylation sites (tertiary alicyclic amines) is 1. The largest absolute Gasteiger partial charge is 0.493 e. The molecule has 152 valence electrons. The molecule has 1 aromatic rings. The molecule has 1 aliphatic heterocycles. The van der Waals surface area contributed by atoms with E-state index in [9.17, 15) is 4.79 Å². The monoisotopic (exact) mass is 379 g/mol. The summed E-state index contributed by atoms with van der Waals surface area (Å²) in [5.41, 5.74) is 1.09. The van der Waals surface area contributed by atoms with Gasteiger partial charge >= 0.3 is 6.03 Å². The number of amides is 2. The van der Waals surface area contributed by atoms with Gasteiger partial charge in [0.2, 0.25) is 0 Å². The molecule has 0 radical (unpaired) electrons. The molecule has 1 aromatic carbocycles. The van der Waals surface area contributed by atoms with Crippen LogP contribution in [0.15, 0.2) is 18.2 Å². The molecule has 0 spiro atoms. The predicted molar refractivity (Wildman–Crippen MR) is 106 cm³/mol. The fraction of sp³-hybridized carbons (Fsp3) is 0.650. The molecular formula is C20H33N3O4. The van der Waals surface area contributed by atoms with Crippen molar-refractivity contribution in [1.29, 1.82) is 0 Å². The number of nitrogens with zero attached hydrogens (tertiary/aromatic N) is 2. The van der Waals surface area contributed by atoms with Crippen LogP contribution in [-0.4, -0.2) is 82.0 Å². The number of hydrogen-bond acceptors (Lipinski definition) is 5. The Morgan fingerprint density at radius 3 is 2.52 bits per heavy atom. The highest BCUT2D eigenvalue weighted by Gasteiger charge is 2.35. The summed E-state index contributed by atoms with van der Waals surface area (Å²) < 4.78 is 16.2. The van der Waals surface area contributed by atoms with Crippen molar-refractivity contribution >= 4 is 6.03 Å². The van der Waals surface area contributed by atoms with Crippen molar-refractivity contribution in [2.75, 3.05) is 48.0 Å². The second-order valence-electron chi connectivity index (χ2n) is 7.24. The Hall–Kier alpha value is -1.99. The van der Waals surface area contributed by atoms with E-state index in [-0.39, 0.29) is 18.2 Å². The summed E-state index contributed by atoms with van der Waals surface area (Å²) in [6.07, 6.45) is 0.761. The minimum Gasteiger partial charge on any atom is -0.493 e. The number of nitrogens with one attached hydrogen (secondary N) is 1. The van der Waals surface area contributed by atoms with E-state index in [2.05, 4.69) is 24.1 Å². The minimum absolute atomic E-state index is 0.00781. The maximum Gasteiger partial charge on any atom is 0.317 e. The van der Waals surface area contributed by atoms with E-state index in [0.717, 1.165) is 25.1 Å². The molecular weight excluding hydrogens is 346 g/mol. The average Bonchev–Trinajstić information content (AvgIpc) is 3.08. The zero-order valence-corrected chi connectivity index (χ0v) is 17.3. The number of ether oxygens (including phenoxy) is 3. The molecule has 0 aromatic heterocycles. The number of carbonyl (C=O) groups is 1. The van der Waals surface area contributed by atoms with E-state index in [1.54, 1.807) is 26.2 Å². The lowest BCUT2D eigenvalue weighted by Crippen LogP contribution is -2.49. The number of benzene rings is 1. The van der Waals surface area contributed by atoms with Gasteiger partial charge in [0, 0.05) is 39.8 Å². The lowest BCUT2D eigenvalue weighted by molar-refractivity contribution is 0.0875. The lowest BCUT2D eigenvalue weighted by Gasteiger charge is -2.24. The van der Waals surface area contributed by atoms with Crippen molar-refractivity contribution in [3.63, 3.8) is 0 Å². The number of urea groups is 1. The van der Waals surface area contributed by atoms with Gasteiger partial charge in [-0.3, -0.25) is 4.90 Å². The molecule has 1 aliphatic rings. The molecule has 1 saturated heterocycles. The third-order valence-electron chi connectivity index (χ3n) is 5.17. The molecule has 0 unspecified atom stereocenters. The summed E-state index contributed by atoms with van der Waals surface area (Å²) in [5, 5.41) is 3.12. The van der Waals surface area contributed by atoms with Crippen molar-refractivity contribution in [2.24, 2.45) is 0 Å². The summed E-state index contributed by atoms with van der Waals surface area (Å²) in [6, 6.07) is 6.19. The van der Waals surface area contributed by atoms with E-state index in [1.165, 1.54) is 0 Å². The highest BCUT2D eigenvalue weighted by Crippen LogP contribution is 2.27. The molecule has 7 nitrogen and oxygen atoms in total. The first-order chi connectivity index (χ1) is 12.9. The summed E-state index contributed by atoms with van der Waals surface area (Å²) >= 11 is 0. The van der Waals surface area contributed by atoms with E-state index in [0.29, 0.717) is 24.1 Å². The van der Waals surface area contributed by atoms with Crippen molar-refractivity contribution in [3.8, 4) is 11.5 Å². The van der Waals surface area contributed by atoms with Crippen molar-refractivity contribution in [1.82, 2.24) is 15.1 Å². The van der Waals surface area contributed by atoms with E-state index < -0.39 is 0 Å². The van der Waals surface area contributed by atoms with Crippen LogP contribution in [0.2, 0.25) is 0 Å². The summed E-state index contributed by atoms with van der Waals surface area (Å²) in [7, 11) is 6.75. The SMILES string of the molecule is COc1ccc(CCN(C)C(=O)N[C@H]2CN(C(C)C)C[C@@H]2OC)cc1OC. The maximum absolute atomic E-state index is 12.6. The first-order valence-electron chi connectivity index (χ1n) is 9.39. The number of likely N-dealkylation sites (N-methyl/N-ethyl adjacent to an activating group) is 1. The Morgan fingerprint density at radius 2 is 1.93 bits per heavy atom.